The molecule has 4 aromatic rings. The molecule has 1 aromatic heterocycles. The van der Waals surface area contributed by atoms with Crippen molar-refractivity contribution >= 4 is 33.0 Å². The quantitative estimate of drug-likeness (QED) is 0.369. The van der Waals surface area contributed by atoms with Gasteiger partial charge in [0, 0.05) is 29.9 Å². The van der Waals surface area contributed by atoms with E-state index in [4.69, 9.17) is 4.74 Å². The van der Waals surface area contributed by atoms with Gasteiger partial charge in [0.05, 0.1) is 10.5 Å². The van der Waals surface area contributed by atoms with Crippen LogP contribution in [0.25, 0.3) is 22.9 Å². The first-order valence-electron chi connectivity index (χ1n) is 10.7. The summed E-state index contributed by atoms with van der Waals surface area (Å²) in [5.74, 6) is -0.0201. The van der Waals surface area contributed by atoms with Crippen molar-refractivity contribution < 1.29 is 17.9 Å². The Labute approximate surface area is 198 Å². The number of aromatic nitrogens is 1. The predicted molar refractivity (Wildman–Crippen MR) is 133 cm³/mol. The van der Waals surface area contributed by atoms with Crippen LogP contribution in [-0.2, 0) is 19.4 Å². The molecule has 0 amide bonds. The van der Waals surface area contributed by atoms with E-state index in [9.17, 15) is 13.2 Å². The van der Waals surface area contributed by atoms with Crippen molar-refractivity contribution in [3.63, 3.8) is 0 Å². The van der Waals surface area contributed by atoms with Crippen LogP contribution < -0.4 is 0 Å². The third-order valence-corrected chi connectivity index (χ3v) is 6.76. The molecule has 2 heterocycles. The molecule has 1 aliphatic heterocycles. The van der Waals surface area contributed by atoms with E-state index in [1.807, 2.05) is 89.8 Å². The van der Waals surface area contributed by atoms with Gasteiger partial charge in [0.1, 0.15) is 5.76 Å². The molecule has 34 heavy (non-hydrogen) atoms. The second-order valence-electron chi connectivity index (χ2n) is 7.99. The fraction of sp³-hybridized carbons (Fsp3) is 0.0357. The normalized spacial score (nSPS) is 15.1. The number of cyclic esters (lactones) is 1. The molecule has 0 saturated heterocycles. The first-order chi connectivity index (χ1) is 16.4. The van der Waals surface area contributed by atoms with E-state index in [2.05, 4.69) is 0 Å². The lowest BCUT2D eigenvalue weighted by Crippen LogP contribution is -1.98. The van der Waals surface area contributed by atoms with Crippen molar-refractivity contribution in [1.29, 1.82) is 0 Å². The summed E-state index contributed by atoms with van der Waals surface area (Å²) in [6, 6.07) is 27.7. The summed E-state index contributed by atoms with van der Waals surface area (Å²) in [7, 11) is -3.34. The van der Waals surface area contributed by atoms with E-state index in [1.165, 1.54) is 6.26 Å². The molecule has 0 unspecified atom stereocenters. The van der Waals surface area contributed by atoms with Gasteiger partial charge in [0.2, 0.25) is 0 Å². The number of allylic oxidation sites excluding steroid dienone is 1. The second-order valence-corrected chi connectivity index (χ2v) is 10.0. The number of hydrogen-bond donors (Lipinski definition) is 0. The molecule has 3 aromatic carbocycles. The van der Waals surface area contributed by atoms with Crippen molar-refractivity contribution in [3.8, 4) is 5.69 Å². The van der Waals surface area contributed by atoms with Gasteiger partial charge in [0.15, 0.2) is 9.84 Å². The fourth-order valence-electron chi connectivity index (χ4n) is 3.95. The summed E-state index contributed by atoms with van der Waals surface area (Å²) < 4.78 is 31.6. The lowest BCUT2D eigenvalue weighted by molar-refractivity contribution is -0.131. The maximum Gasteiger partial charge on any atom is 0.344 e. The van der Waals surface area contributed by atoms with Gasteiger partial charge >= 0.3 is 5.97 Å². The van der Waals surface area contributed by atoms with Gasteiger partial charge in [-0.25, -0.2) is 13.2 Å². The van der Waals surface area contributed by atoms with Crippen molar-refractivity contribution in [2.24, 2.45) is 0 Å². The zero-order valence-electron chi connectivity index (χ0n) is 18.4. The van der Waals surface area contributed by atoms with Crippen molar-refractivity contribution in [3.05, 3.63) is 126 Å². The van der Waals surface area contributed by atoms with Crippen molar-refractivity contribution in [1.82, 2.24) is 4.57 Å². The standard InChI is InChI=1S/C28H21NO4S/c1-34(31,32)24-15-11-22(12-16-24)26-25(33-28(30)27(26)21-7-3-2-4-8-21)19-20-9-13-23(14-10-20)29-17-5-6-18-29/h2-19H,1H3/b25-19-. The highest BCUT2D eigenvalue weighted by molar-refractivity contribution is 7.90. The number of benzene rings is 3. The first-order valence-corrected chi connectivity index (χ1v) is 12.6. The summed E-state index contributed by atoms with van der Waals surface area (Å²) in [6.07, 6.45) is 6.94. The molecule has 6 heteroatoms. The Morgan fingerprint density at radius 2 is 1.35 bits per heavy atom. The Hall–Kier alpha value is -4.16. The molecule has 5 nitrogen and oxygen atoms in total. The van der Waals surface area contributed by atoms with Gasteiger partial charge in [-0.15, -0.1) is 0 Å². The average molecular weight is 468 g/mol. The fourth-order valence-corrected chi connectivity index (χ4v) is 4.58. The van der Waals surface area contributed by atoms with Crippen LogP contribution in [0.2, 0.25) is 0 Å². The monoisotopic (exact) mass is 467 g/mol. The molecule has 0 aliphatic carbocycles. The largest absolute Gasteiger partial charge is 0.422 e. The molecule has 0 radical (unpaired) electrons. The highest BCUT2D eigenvalue weighted by Gasteiger charge is 2.32. The molecular formula is C28H21NO4S. The number of carbonyl (C=O) groups is 1. The van der Waals surface area contributed by atoms with Gasteiger partial charge < -0.3 is 9.30 Å². The molecule has 0 saturated carbocycles. The van der Waals surface area contributed by atoms with E-state index < -0.39 is 15.8 Å². The van der Waals surface area contributed by atoms with Crippen LogP contribution in [0, 0.1) is 0 Å². The van der Waals surface area contributed by atoms with Gasteiger partial charge in [-0.2, -0.15) is 0 Å². The van der Waals surface area contributed by atoms with Crippen molar-refractivity contribution in [2.75, 3.05) is 6.26 Å². The number of rotatable bonds is 5. The smallest absolute Gasteiger partial charge is 0.344 e. The van der Waals surface area contributed by atoms with Crippen LogP contribution in [0.5, 0.6) is 0 Å². The lowest BCUT2D eigenvalue weighted by Gasteiger charge is -2.08. The van der Waals surface area contributed by atoms with Crippen LogP contribution in [0.3, 0.4) is 0 Å². The van der Waals surface area contributed by atoms with Crippen LogP contribution in [0.15, 0.2) is 114 Å². The summed E-state index contributed by atoms with van der Waals surface area (Å²) in [5.41, 5.74) is 4.41. The van der Waals surface area contributed by atoms with E-state index in [1.54, 1.807) is 24.3 Å². The number of carbonyl (C=O) groups excluding carboxylic acids is 1. The minimum Gasteiger partial charge on any atom is -0.422 e. The Kier molecular flexibility index (Phi) is 5.51. The minimum atomic E-state index is -3.34. The molecule has 0 N–H and O–H groups in total. The lowest BCUT2D eigenvalue weighted by atomic mass is 9.94. The van der Waals surface area contributed by atoms with Crippen LogP contribution in [-0.4, -0.2) is 25.2 Å². The van der Waals surface area contributed by atoms with Gasteiger partial charge in [-0.05, 0) is 59.2 Å². The maximum absolute atomic E-state index is 13.0. The predicted octanol–water partition coefficient (Wildman–Crippen LogP) is 5.39. The molecule has 5 rings (SSSR count). The SMILES string of the molecule is CS(=O)(=O)c1ccc(C2=C(c3ccccc3)C(=O)O/C2=C\c2ccc(-n3cccc3)cc2)cc1. The molecule has 1 aliphatic rings. The van der Waals surface area contributed by atoms with Crippen LogP contribution in [0.1, 0.15) is 16.7 Å². The Morgan fingerprint density at radius 3 is 1.97 bits per heavy atom. The van der Waals surface area contributed by atoms with Crippen molar-refractivity contribution in [2.45, 2.75) is 4.90 Å². The summed E-state index contributed by atoms with van der Waals surface area (Å²) >= 11 is 0. The van der Waals surface area contributed by atoms with Gasteiger partial charge in [-0.1, -0.05) is 54.6 Å². The number of esters is 1. The average Bonchev–Trinajstić information content (AvgIpc) is 3.48. The Balaban J connectivity index is 1.62. The summed E-state index contributed by atoms with van der Waals surface area (Å²) in [4.78, 5) is 13.2. The van der Waals surface area contributed by atoms with Gasteiger partial charge in [0.25, 0.3) is 0 Å². The molecule has 0 fully saturated rings. The van der Waals surface area contributed by atoms with Crippen LogP contribution in [0.4, 0.5) is 0 Å². The number of sulfone groups is 1. The second kappa shape index (κ2) is 8.65. The molecule has 0 bridgehead atoms. The zero-order chi connectivity index (χ0) is 23.7. The highest BCUT2D eigenvalue weighted by Crippen LogP contribution is 2.40. The third-order valence-electron chi connectivity index (χ3n) is 5.63. The highest BCUT2D eigenvalue weighted by atomic mass is 32.2. The summed E-state index contributed by atoms with van der Waals surface area (Å²) in [5, 5.41) is 0. The number of nitrogens with zero attached hydrogens (tertiary/aromatic N) is 1. The number of hydrogen-bond acceptors (Lipinski definition) is 4. The molecule has 0 spiro atoms. The molecular weight excluding hydrogens is 446 g/mol. The van der Waals surface area contributed by atoms with E-state index in [0.29, 0.717) is 22.5 Å². The topological polar surface area (TPSA) is 65.4 Å². The number of ether oxygens (including phenoxy) is 1. The first kappa shape index (κ1) is 21.7. The molecule has 168 valence electrons. The zero-order valence-corrected chi connectivity index (χ0v) is 19.2. The van der Waals surface area contributed by atoms with E-state index in [0.717, 1.165) is 16.8 Å². The minimum absolute atomic E-state index is 0.217. The maximum atomic E-state index is 13.0. The Morgan fingerprint density at radius 1 is 0.735 bits per heavy atom. The third kappa shape index (κ3) is 4.23. The van der Waals surface area contributed by atoms with Crippen LogP contribution >= 0.6 is 0 Å². The Bertz CT molecular complexity index is 1510. The van der Waals surface area contributed by atoms with E-state index in [-0.39, 0.29) is 4.90 Å². The van der Waals surface area contributed by atoms with Gasteiger partial charge in [-0.3, -0.25) is 0 Å². The summed E-state index contributed by atoms with van der Waals surface area (Å²) in [6.45, 7) is 0. The van der Waals surface area contributed by atoms with E-state index >= 15 is 0 Å². The molecule has 0 atom stereocenters.